The molecule has 1 fully saturated rings. The molecule has 3 rings (SSSR count). The van der Waals surface area contributed by atoms with Gasteiger partial charge < -0.3 is 10.2 Å². The number of para-hydroxylation sites is 1. The van der Waals surface area contributed by atoms with Crippen LogP contribution in [0.2, 0.25) is 0 Å². The van der Waals surface area contributed by atoms with Crippen LogP contribution in [0.25, 0.3) is 0 Å². The van der Waals surface area contributed by atoms with Crippen LogP contribution in [0.3, 0.4) is 0 Å². The number of nitrogens with zero attached hydrogens (tertiary/aromatic N) is 3. The number of aryl methyl sites for hydroxylation is 1. The minimum Gasteiger partial charge on any atom is -0.371 e. The number of amides is 1. The molecule has 1 atom stereocenters. The summed E-state index contributed by atoms with van der Waals surface area (Å²) in [6, 6.07) is 13.2. The zero-order valence-electron chi connectivity index (χ0n) is 14.5. The number of carbonyl (C=O) groups is 1. The van der Waals surface area contributed by atoms with Crippen LogP contribution in [0.1, 0.15) is 30.3 Å². The van der Waals surface area contributed by atoms with Crippen molar-refractivity contribution in [1.82, 2.24) is 15.1 Å². The van der Waals surface area contributed by atoms with E-state index in [0.29, 0.717) is 24.7 Å². The Kier molecular flexibility index (Phi) is 5.48. The molecule has 1 aromatic heterocycles. The maximum atomic E-state index is 12.3. The average molecular weight is 340 g/mol. The van der Waals surface area contributed by atoms with Crippen LogP contribution in [0.15, 0.2) is 47.3 Å². The average Bonchev–Trinajstić information content (AvgIpc) is 3.11. The Labute approximate surface area is 147 Å². The first-order valence-electron chi connectivity index (χ1n) is 8.83. The number of hydrogen-bond donors (Lipinski definition) is 1. The SMILES string of the molecule is CCCn1nc(C(=O)NCC2CCN(c3ccccc3)C2)ccc1=O. The first-order chi connectivity index (χ1) is 12.2. The largest absolute Gasteiger partial charge is 0.371 e. The Morgan fingerprint density at radius 3 is 2.80 bits per heavy atom. The molecule has 0 bridgehead atoms. The summed E-state index contributed by atoms with van der Waals surface area (Å²) in [5, 5.41) is 7.11. The summed E-state index contributed by atoms with van der Waals surface area (Å²) in [7, 11) is 0. The van der Waals surface area contributed by atoms with Crippen molar-refractivity contribution in [2.24, 2.45) is 5.92 Å². The highest BCUT2D eigenvalue weighted by Gasteiger charge is 2.23. The predicted octanol–water partition coefficient (Wildman–Crippen LogP) is 1.91. The normalized spacial score (nSPS) is 16.8. The number of benzene rings is 1. The topological polar surface area (TPSA) is 67.2 Å². The maximum absolute atomic E-state index is 12.3. The molecular weight excluding hydrogens is 316 g/mol. The molecule has 132 valence electrons. The van der Waals surface area contributed by atoms with E-state index in [0.717, 1.165) is 25.9 Å². The highest BCUT2D eigenvalue weighted by atomic mass is 16.2. The van der Waals surface area contributed by atoms with E-state index in [1.54, 1.807) is 0 Å². The number of aromatic nitrogens is 2. The van der Waals surface area contributed by atoms with Crippen LogP contribution in [0.5, 0.6) is 0 Å². The van der Waals surface area contributed by atoms with Crippen molar-refractivity contribution in [3.63, 3.8) is 0 Å². The molecule has 6 nitrogen and oxygen atoms in total. The number of rotatable bonds is 6. The second-order valence-electron chi connectivity index (χ2n) is 6.43. The smallest absolute Gasteiger partial charge is 0.271 e. The second kappa shape index (κ2) is 7.96. The van der Waals surface area contributed by atoms with Crippen molar-refractivity contribution in [3.05, 3.63) is 58.5 Å². The molecule has 1 aromatic carbocycles. The van der Waals surface area contributed by atoms with Crippen LogP contribution in [-0.4, -0.2) is 35.3 Å². The zero-order chi connectivity index (χ0) is 17.6. The van der Waals surface area contributed by atoms with E-state index in [2.05, 4.69) is 27.4 Å². The van der Waals surface area contributed by atoms with Crippen molar-refractivity contribution in [2.75, 3.05) is 24.5 Å². The van der Waals surface area contributed by atoms with Gasteiger partial charge in [0.15, 0.2) is 0 Å². The van der Waals surface area contributed by atoms with Crippen LogP contribution >= 0.6 is 0 Å². The summed E-state index contributed by atoms with van der Waals surface area (Å²) >= 11 is 0. The molecule has 1 aliphatic rings. The first kappa shape index (κ1) is 17.2. The van der Waals surface area contributed by atoms with Gasteiger partial charge in [-0.1, -0.05) is 25.1 Å². The van der Waals surface area contributed by atoms with E-state index < -0.39 is 0 Å². The summed E-state index contributed by atoms with van der Waals surface area (Å²) in [6.07, 6.45) is 1.85. The molecule has 1 amide bonds. The van der Waals surface area contributed by atoms with Crippen LogP contribution in [0, 0.1) is 5.92 Å². The highest BCUT2D eigenvalue weighted by molar-refractivity contribution is 5.91. The number of nitrogens with one attached hydrogen (secondary N) is 1. The predicted molar refractivity (Wildman–Crippen MR) is 97.9 cm³/mol. The fourth-order valence-corrected chi connectivity index (χ4v) is 3.14. The van der Waals surface area contributed by atoms with Gasteiger partial charge in [0.1, 0.15) is 5.69 Å². The van der Waals surface area contributed by atoms with Gasteiger partial charge in [-0.3, -0.25) is 9.59 Å². The lowest BCUT2D eigenvalue weighted by Crippen LogP contribution is -2.33. The van der Waals surface area contributed by atoms with Crippen molar-refractivity contribution in [3.8, 4) is 0 Å². The minimum atomic E-state index is -0.219. The summed E-state index contributed by atoms with van der Waals surface area (Å²) in [6.45, 7) is 5.06. The van der Waals surface area contributed by atoms with Crippen LogP contribution in [0.4, 0.5) is 5.69 Å². The number of carbonyl (C=O) groups excluding carboxylic acids is 1. The van der Waals surface area contributed by atoms with Gasteiger partial charge in [0, 0.05) is 37.9 Å². The van der Waals surface area contributed by atoms with E-state index in [9.17, 15) is 9.59 Å². The molecule has 0 radical (unpaired) electrons. The summed E-state index contributed by atoms with van der Waals surface area (Å²) in [5.41, 5.74) is 1.35. The molecule has 0 aliphatic carbocycles. The van der Waals surface area contributed by atoms with Crippen molar-refractivity contribution in [2.45, 2.75) is 26.3 Å². The van der Waals surface area contributed by atoms with E-state index in [1.807, 2.05) is 25.1 Å². The van der Waals surface area contributed by atoms with E-state index >= 15 is 0 Å². The quantitative estimate of drug-likeness (QED) is 0.872. The van der Waals surface area contributed by atoms with Gasteiger partial charge in [0.25, 0.3) is 11.5 Å². The van der Waals surface area contributed by atoms with Gasteiger partial charge in [-0.25, -0.2) is 4.68 Å². The Morgan fingerprint density at radius 1 is 1.24 bits per heavy atom. The van der Waals surface area contributed by atoms with Gasteiger partial charge >= 0.3 is 0 Å². The molecule has 1 N–H and O–H groups in total. The molecule has 1 saturated heterocycles. The van der Waals surface area contributed by atoms with Crippen molar-refractivity contribution in [1.29, 1.82) is 0 Å². The molecule has 0 saturated carbocycles. The summed E-state index contributed by atoms with van der Waals surface area (Å²) in [5.74, 6) is 0.203. The van der Waals surface area contributed by atoms with E-state index in [1.165, 1.54) is 22.5 Å². The summed E-state index contributed by atoms with van der Waals surface area (Å²) < 4.78 is 1.35. The fraction of sp³-hybridized carbons (Fsp3) is 0.421. The maximum Gasteiger partial charge on any atom is 0.271 e. The Balaban J connectivity index is 1.55. The molecule has 2 aromatic rings. The lowest BCUT2D eigenvalue weighted by molar-refractivity contribution is 0.0940. The molecule has 0 spiro atoms. The molecule has 25 heavy (non-hydrogen) atoms. The molecular formula is C19H24N4O2. The highest BCUT2D eigenvalue weighted by Crippen LogP contribution is 2.22. The molecule has 1 aliphatic heterocycles. The molecule has 2 heterocycles. The lowest BCUT2D eigenvalue weighted by atomic mass is 10.1. The third kappa shape index (κ3) is 4.26. The Bertz CT molecular complexity index is 772. The monoisotopic (exact) mass is 340 g/mol. The van der Waals surface area contributed by atoms with Gasteiger partial charge in [0.05, 0.1) is 0 Å². The fourth-order valence-electron chi connectivity index (χ4n) is 3.14. The zero-order valence-corrected chi connectivity index (χ0v) is 14.5. The minimum absolute atomic E-state index is 0.173. The van der Waals surface area contributed by atoms with Gasteiger partial charge in [-0.05, 0) is 37.0 Å². The third-order valence-electron chi connectivity index (χ3n) is 4.49. The Morgan fingerprint density at radius 2 is 2.04 bits per heavy atom. The number of anilines is 1. The summed E-state index contributed by atoms with van der Waals surface area (Å²) in [4.78, 5) is 26.3. The lowest BCUT2D eigenvalue weighted by Gasteiger charge is -2.18. The van der Waals surface area contributed by atoms with Crippen molar-refractivity contribution >= 4 is 11.6 Å². The number of hydrogen-bond acceptors (Lipinski definition) is 4. The van der Waals surface area contributed by atoms with Crippen LogP contribution < -0.4 is 15.8 Å². The first-order valence-corrected chi connectivity index (χ1v) is 8.83. The molecule has 1 unspecified atom stereocenters. The Hall–Kier alpha value is -2.63. The standard InChI is InChI=1S/C19H24N4O2/c1-2-11-23-18(24)9-8-17(21-23)19(25)20-13-15-10-12-22(14-15)16-6-4-3-5-7-16/h3-9,15H,2,10-14H2,1H3,(H,20,25). The second-order valence-corrected chi connectivity index (χ2v) is 6.43. The van der Waals surface area contributed by atoms with Crippen molar-refractivity contribution < 1.29 is 4.79 Å². The van der Waals surface area contributed by atoms with Gasteiger partial charge in [0.2, 0.25) is 0 Å². The molecule has 6 heteroatoms. The van der Waals surface area contributed by atoms with E-state index in [4.69, 9.17) is 0 Å². The van der Waals surface area contributed by atoms with Gasteiger partial charge in [-0.15, -0.1) is 0 Å². The van der Waals surface area contributed by atoms with Gasteiger partial charge in [-0.2, -0.15) is 5.10 Å². The third-order valence-corrected chi connectivity index (χ3v) is 4.49. The van der Waals surface area contributed by atoms with Crippen LogP contribution in [-0.2, 0) is 6.54 Å². The van der Waals surface area contributed by atoms with E-state index in [-0.39, 0.29) is 11.5 Å².